The molecule has 0 spiro atoms. The molecule has 0 saturated carbocycles. The molecule has 1 aromatic carbocycles. The van der Waals surface area contributed by atoms with Gasteiger partial charge in [-0.1, -0.05) is 28.9 Å². The lowest BCUT2D eigenvalue weighted by Gasteiger charge is -2.23. The topological polar surface area (TPSA) is 40.5 Å². The number of benzene rings is 1. The highest BCUT2D eigenvalue weighted by Crippen LogP contribution is 2.35. The molecule has 0 radical (unpaired) electrons. The number of likely N-dealkylation sites (tertiary alicyclic amines) is 1. The number of hydrogen-bond acceptors (Lipinski definition) is 2. The second kappa shape index (κ2) is 5.59. The van der Waals surface area contributed by atoms with E-state index in [2.05, 4.69) is 20.8 Å². The van der Waals surface area contributed by atoms with Crippen molar-refractivity contribution in [2.45, 2.75) is 26.3 Å². The molecule has 3 nitrogen and oxygen atoms in total. The largest absolute Gasteiger partial charge is 0.481 e. The minimum absolute atomic E-state index is 0.273. The minimum atomic E-state index is -0.712. The lowest BCUT2D eigenvalue weighted by Crippen LogP contribution is -2.33. The highest BCUT2D eigenvalue weighted by molar-refractivity contribution is 9.10. The first-order chi connectivity index (χ1) is 8.97. The summed E-state index contributed by atoms with van der Waals surface area (Å²) in [4.78, 5) is 13.5. The molecule has 1 atom stereocenters. The molecule has 1 fully saturated rings. The smallest absolute Gasteiger partial charge is 0.310 e. The molecule has 19 heavy (non-hydrogen) atoms. The molecule has 1 unspecified atom stereocenters. The Morgan fingerprint density at radius 3 is 2.84 bits per heavy atom. The van der Waals surface area contributed by atoms with E-state index < -0.39 is 11.4 Å². The van der Waals surface area contributed by atoms with Gasteiger partial charge in [0, 0.05) is 17.6 Å². The Bertz CT molecular complexity index is 494. The van der Waals surface area contributed by atoms with Crippen LogP contribution < -0.4 is 0 Å². The van der Waals surface area contributed by atoms with Crippen molar-refractivity contribution in [1.29, 1.82) is 0 Å². The van der Waals surface area contributed by atoms with E-state index in [9.17, 15) is 14.3 Å². The first-order valence-corrected chi connectivity index (χ1v) is 7.16. The molecule has 0 amide bonds. The summed E-state index contributed by atoms with van der Waals surface area (Å²) in [6.07, 6.45) is 1.32. The second-order valence-corrected chi connectivity index (χ2v) is 5.99. The van der Waals surface area contributed by atoms with Gasteiger partial charge in [-0.2, -0.15) is 0 Å². The summed E-state index contributed by atoms with van der Waals surface area (Å²) in [7, 11) is 0. The van der Waals surface area contributed by atoms with Crippen molar-refractivity contribution >= 4 is 21.9 Å². The Hall–Kier alpha value is -0.940. The van der Waals surface area contributed by atoms with Crippen molar-refractivity contribution in [2.24, 2.45) is 5.41 Å². The average molecular weight is 330 g/mol. The summed E-state index contributed by atoms with van der Waals surface area (Å²) in [5, 5.41) is 9.35. The third-order valence-electron chi connectivity index (χ3n) is 3.97. The van der Waals surface area contributed by atoms with E-state index in [1.165, 1.54) is 12.1 Å². The molecule has 2 rings (SSSR count). The lowest BCUT2D eigenvalue weighted by molar-refractivity contribution is -0.148. The Labute approximate surface area is 120 Å². The fraction of sp³-hybridized carbons (Fsp3) is 0.500. The van der Waals surface area contributed by atoms with E-state index in [1.54, 1.807) is 6.07 Å². The van der Waals surface area contributed by atoms with Gasteiger partial charge in [0.05, 0.1) is 5.41 Å². The number of rotatable bonds is 4. The molecule has 1 aliphatic heterocycles. The maximum atomic E-state index is 13.0. The van der Waals surface area contributed by atoms with Crippen molar-refractivity contribution in [1.82, 2.24) is 4.90 Å². The SMILES string of the molecule is CCC1(C(=O)O)CCN(Cc2ccc(F)cc2Br)C1. The van der Waals surface area contributed by atoms with E-state index >= 15 is 0 Å². The van der Waals surface area contributed by atoms with Crippen molar-refractivity contribution in [3.8, 4) is 0 Å². The highest BCUT2D eigenvalue weighted by Gasteiger charge is 2.43. The Morgan fingerprint density at radius 2 is 2.32 bits per heavy atom. The first kappa shape index (κ1) is 14.5. The zero-order valence-corrected chi connectivity index (χ0v) is 12.4. The Kier molecular flexibility index (Phi) is 4.26. The third kappa shape index (κ3) is 2.98. The molecule has 1 saturated heterocycles. The van der Waals surface area contributed by atoms with Gasteiger partial charge in [-0.3, -0.25) is 9.69 Å². The normalized spacial score (nSPS) is 23.7. The number of carboxylic acid groups (broad SMARTS) is 1. The first-order valence-electron chi connectivity index (χ1n) is 6.36. The molecular weight excluding hydrogens is 313 g/mol. The molecule has 0 aliphatic carbocycles. The van der Waals surface area contributed by atoms with E-state index in [0.29, 0.717) is 25.9 Å². The third-order valence-corrected chi connectivity index (χ3v) is 4.71. The van der Waals surface area contributed by atoms with Crippen molar-refractivity contribution < 1.29 is 14.3 Å². The average Bonchev–Trinajstić information content (AvgIpc) is 2.77. The van der Waals surface area contributed by atoms with Gasteiger partial charge in [-0.15, -0.1) is 0 Å². The summed E-state index contributed by atoms with van der Waals surface area (Å²) in [5.74, 6) is -0.985. The minimum Gasteiger partial charge on any atom is -0.481 e. The quantitative estimate of drug-likeness (QED) is 0.921. The van der Waals surface area contributed by atoms with Crippen LogP contribution >= 0.6 is 15.9 Å². The summed E-state index contributed by atoms with van der Waals surface area (Å²) in [6, 6.07) is 4.61. The van der Waals surface area contributed by atoms with Crippen LogP contribution in [0.4, 0.5) is 4.39 Å². The van der Waals surface area contributed by atoms with Gasteiger partial charge in [0.1, 0.15) is 5.82 Å². The number of carboxylic acids is 1. The molecule has 1 aromatic rings. The van der Waals surface area contributed by atoms with Crippen LogP contribution in [0.25, 0.3) is 0 Å². The summed E-state index contributed by atoms with van der Waals surface area (Å²) in [5.41, 5.74) is 0.366. The molecule has 0 aromatic heterocycles. The lowest BCUT2D eigenvalue weighted by atomic mass is 9.84. The molecule has 1 N–H and O–H groups in total. The zero-order valence-electron chi connectivity index (χ0n) is 10.8. The molecule has 1 heterocycles. The maximum absolute atomic E-state index is 13.0. The van der Waals surface area contributed by atoms with Crippen LogP contribution in [0.1, 0.15) is 25.3 Å². The monoisotopic (exact) mass is 329 g/mol. The van der Waals surface area contributed by atoms with Gasteiger partial charge >= 0.3 is 5.97 Å². The molecular formula is C14H17BrFNO2. The van der Waals surface area contributed by atoms with Crippen molar-refractivity contribution in [2.75, 3.05) is 13.1 Å². The van der Waals surface area contributed by atoms with Crippen molar-refractivity contribution in [3.05, 3.63) is 34.1 Å². The number of hydrogen-bond donors (Lipinski definition) is 1. The van der Waals surface area contributed by atoms with Gasteiger partial charge in [0.25, 0.3) is 0 Å². The Balaban J connectivity index is 2.08. The van der Waals surface area contributed by atoms with Crippen LogP contribution in [0.5, 0.6) is 0 Å². The highest BCUT2D eigenvalue weighted by atomic mass is 79.9. The Morgan fingerprint density at radius 1 is 1.58 bits per heavy atom. The number of nitrogens with zero attached hydrogens (tertiary/aromatic N) is 1. The van der Waals surface area contributed by atoms with Gasteiger partial charge in [0.15, 0.2) is 0 Å². The van der Waals surface area contributed by atoms with Crippen molar-refractivity contribution in [3.63, 3.8) is 0 Å². The summed E-state index contributed by atoms with van der Waals surface area (Å²) in [6.45, 7) is 3.90. The molecule has 1 aliphatic rings. The number of carbonyl (C=O) groups is 1. The summed E-state index contributed by atoms with van der Waals surface area (Å²) < 4.78 is 13.8. The van der Waals surface area contributed by atoms with Gasteiger partial charge < -0.3 is 5.11 Å². The van der Waals surface area contributed by atoms with Crippen LogP contribution in [0.15, 0.2) is 22.7 Å². The second-order valence-electron chi connectivity index (χ2n) is 5.14. The fourth-order valence-corrected chi connectivity index (χ4v) is 3.07. The van der Waals surface area contributed by atoms with Crippen LogP contribution in [0.2, 0.25) is 0 Å². The van der Waals surface area contributed by atoms with Gasteiger partial charge in [-0.05, 0) is 37.1 Å². The molecule has 0 bridgehead atoms. The van der Waals surface area contributed by atoms with Gasteiger partial charge in [0.2, 0.25) is 0 Å². The standard InChI is InChI=1S/C14H17BrFNO2/c1-2-14(13(18)19)5-6-17(9-14)8-10-3-4-11(16)7-12(10)15/h3-4,7H,2,5-6,8-9H2,1H3,(H,18,19). The number of aliphatic carboxylic acids is 1. The number of halogens is 2. The van der Waals surface area contributed by atoms with Crippen LogP contribution in [-0.2, 0) is 11.3 Å². The van der Waals surface area contributed by atoms with E-state index in [1.807, 2.05) is 6.92 Å². The maximum Gasteiger partial charge on any atom is 0.310 e. The van der Waals surface area contributed by atoms with Crippen LogP contribution in [0, 0.1) is 11.2 Å². The predicted octanol–water partition coefficient (Wildman–Crippen LogP) is 3.27. The van der Waals surface area contributed by atoms with Crippen LogP contribution in [0.3, 0.4) is 0 Å². The van der Waals surface area contributed by atoms with E-state index in [4.69, 9.17) is 0 Å². The van der Waals surface area contributed by atoms with Crippen LogP contribution in [-0.4, -0.2) is 29.1 Å². The summed E-state index contributed by atoms with van der Waals surface area (Å²) >= 11 is 3.35. The fourth-order valence-electron chi connectivity index (χ4n) is 2.60. The van der Waals surface area contributed by atoms with E-state index in [-0.39, 0.29) is 5.82 Å². The molecule has 104 valence electrons. The van der Waals surface area contributed by atoms with Gasteiger partial charge in [-0.25, -0.2) is 4.39 Å². The molecule has 5 heteroatoms. The van der Waals surface area contributed by atoms with E-state index in [0.717, 1.165) is 16.6 Å². The zero-order chi connectivity index (χ0) is 14.0. The predicted molar refractivity (Wildman–Crippen MR) is 74.4 cm³/mol.